The van der Waals surface area contributed by atoms with Crippen molar-refractivity contribution in [2.24, 2.45) is 0 Å². The van der Waals surface area contributed by atoms with Gasteiger partial charge in [0.1, 0.15) is 5.69 Å². The van der Waals surface area contributed by atoms with Gasteiger partial charge in [-0.1, -0.05) is 0 Å². The second-order valence-corrected chi connectivity index (χ2v) is 3.92. The molecule has 16 heavy (non-hydrogen) atoms. The summed E-state index contributed by atoms with van der Waals surface area (Å²) in [6.45, 7) is 1.13. The summed E-state index contributed by atoms with van der Waals surface area (Å²) in [5.41, 5.74) is 6.43. The van der Waals surface area contributed by atoms with E-state index < -0.39 is 0 Å². The van der Waals surface area contributed by atoms with E-state index in [9.17, 15) is 4.79 Å². The van der Waals surface area contributed by atoms with Crippen molar-refractivity contribution in [1.82, 2.24) is 15.1 Å². The van der Waals surface area contributed by atoms with E-state index in [0.717, 1.165) is 12.8 Å². The Kier molecular flexibility index (Phi) is 3.09. The number of anilines is 1. The fourth-order valence-electron chi connectivity index (χ4n) is 1.64. The Morgan fingerprint density at radius 3 is 3.00 bits per heavy atom. The number of nitrogen functional groups attached to an aromatic ring is 1. The van der Waals surface area contributed by atoms with Crippen molar-refractivity contribution in [3.8, 4) is 0 Å². The van der Waals surface area contributed by atoms with Crippen molar-refractivity contribution in [3.05, 3.63) is 11.9 Å². The predicted molar refractivity (Wildman–Crippen MR) is 58.9 cm³/mol. The van der Waals surface area contributed by atoms with E-state index in [2.05, 4.69) is 10.2 Å². The van der Waals surface area contributed by atoms with E-state index in [-0.39, 0.29) is 5.91 Å². The third kappa shape index (κ3) is 2.16. The maximum absolute atomic E-state index is 12.1. The largest absolute Gasteiger partial charge is 0.396 e. The Morgan fingerprint density at radius 2 is 2.50 bits per heavy atom. The van der Waals surface area contributed by atoms with Gasteiger partial charge >= 0.3 is 0 Å². The Hall–Kier alpha value is -1.56. The maximum Gasteiger partial charge on any atom is 0.274 e. The summed E-state index contributed by atoms with van der Waals surface area (Å²) in [6, 6.07) is 0.338. The molecule has 1 heterocycles. The number of carbonyl (C=O) groups excluding carboxylic acids is 1. The van der Waals surface area contributed by atoms with Crippen LogP contribution < -0.4 is 5.73 Å². The Labute approximate surface area is 93.8 Å². The molecular formula is C10H16N4O2. The topological polar surface area (TPSA) is 84.2 Å². The highest BCUT2D eigenvalue weighted by atomic mass is 16.5. The predicted octanol–water partition coefficient (Wildman–Crippen LogP) is 0.243. The number of aromatic amines is 1. The van der Waals surface area contributed by atoms with Crippen LogP contribution in [0.15, 0.2) is 6.20 Å². The SMILES string of the molecule is COCCN(C(=O)c1[nH]ncc1N)C1CC1. The van der Waals surface area contributed by atoms with Crippen LogP contribution in [0.1, 0.15) is 23.3 Å². The molecule has 88 valence electrons. The van der Waals surface area contributed by atoms with Gasteiger partial charge in [-0.15, -0.1) is 0 Å². The minimum absolute atomic E-state index is 0.0884. The van der Waals surface area contributed by atoms with Crippen LogP contribution in [0.4, 0.5) is 5.69 Å². The molecule has 0 saturated heterocycles. The lowest BCUT2D eigenvalue weighted by Crippen LogP contribution is -2.36. The number of nitrogens with one attached hydrogen (secondary N) is 1. The monoisotopic (exact) mass is 224 g/mol. The molecule has 3 N–H and O–H groups in total. The lowest BCUT2D eigenvalue weighted by molar-refractivity contribution is 0.0675. The molecular weight excluding hydrogens is 208 g/mol. The number of methoxy groups -OCH3 is 1. The summed E-state index contributed by atoms with van der Waals surface area (Å²) in [7, 11) is 1.63. The summed E-state index contributed by atoms with van der Waals surface area (Å²) in [6.07, 6.45) is 3.57. The number of hydrogen-bond acceptors (Lipinski definition) is 4. The van der Waals surface area contributed by atoms with E-state index in [0.29, 0.717) is 30.6 Å². The van der Waals surface area contributed by atoms with Gasteiger partial charge in [0, 0.05) is 19.7 Å². The molecule has 0 aromatic carbocycles. The van der Waals surface area contributed by atoms with Crippen LogP contribution in [0.2, 0.25) is 0 Å². The fourth-order valence-corrected chi connectivity index (χ4v) is 1.64. The van der Waals surface area contributed by atoms with Crippen LogP contribution in [-0.2, 0) is 4.74 Å². The molecule has 0 bridgehead atoms. The number of carbonyl (C=O) groups is 1. The van der Waals surface area contributed by atoms with Crippen LogP contribution >= 0.6 is 0 Å². The number of rotatable bonds is 5. The van der Waals surface area contributed by atoms with E-state index in [1.165, 1.54) is 6.20 Å². The molecule has 6 nitrogen and oxygen atoms in total. The molecule has 2 rings (SSSR count). The molecule has 1 saturated carbocycles. The van der Waals surface area contributed by atoms with Crippen molar-refractivity contribution in [1.29, 1.82) is 0 Å². The van der Waals surface area contributed by atoms with Crippen molar-refractivity contribution < 1.29 is 9.53 Å². The molecule has 6 heteroatoms. The molecule has 1 fully saturated rings. The van der Waals surface area contributed by atoms with Gasteiger partial charge in [0.25, 0.3) is 5.91 Å². The maximum atomic E-state index is 12.1. The first-order valence-electron chi connectivity index (χ1n) is 5.32. The highest BCUT2D eigenvalue weighted by molar-refractivity contribution is 5.97. The fraction of sp³-hybridized carbons (Fsp3) is 0.600. The molecule has 0 radical (unpaired) electrons. The first-order chi connectivity index (χ1) is 7.74. The van der Waals surface area contributed by atoms with Gasteiger partial charge in [-0.2, -0.15) is 5.10 Å². The van der Waals surface area contributed by atoms with Crippen molar-refractivity contribution in [3.63, 3.8) is 0 Å². The van der Waals surface area contributed by atoms with Crippen LogP contribution in [0.3, 0.4) is 0 Å². The second-order valence-electron chi connectivity index (χ2n) is 3.92. The zero-order chi connectivity index (χ0) is 11.5. The van der Waals surface area contributed by atoms with Gasteiger partial charge in [-0.05, 0) is 12.8 Å². The molecule has 1 amide bonds. The quantitative estimate of drug-likeness (QED) is 0.750. The normalized spacial score (nSPS) is 15.1. The van der Waals surface area contributed by atoms with Gasteiger partial charge in [0.2, 0.25) is 0 Å². The smallest absolute Gasteiger partial charge is 0.274 e. The summed E-state index contributed by atoms with van der Waals surface area (Å²) in [4.78, 5) is 13.9. The first-order valence-corrected chi connectivity index (χ1v) is 5.32. The number of nitrogens with zero attached hydrogens (tertiary/aromatic N) is 2. The molecule has 1 aromatic heterocycles. The zero-order valence-corrected chi connectivity index (χ0v) is 9.27. The highest BCUT2D eigenvalue weighted by Gasteiger charge is 2.33. The summed E-state index contributed by atoms with van der Waals surface area (Å²) >= 11 is 0. The number of H-pyrrole nitrogens is 1. The number of hydrogen-bond donors (Lipinski definition) is 2. The van der Waals surface area contributed by atoms with Crippen LogP contribution in [0.5, 0.6) is 0 Å². The summed E-state index contributed by atoms with van der Waals surface area (Å²) in [5, 5.41) is 6.39. The number of ether oxygens (including phenoxy) is 1. The lowest BCUT2D eigenvalue weighted by Gasteiger charge is -2.21. The third-order valence-corrected chi connectivity index (χ3v) is 2.67. The second kappa shape index (κ2) is 4.52. The lowest BCUT2D eigenvalue weighted by atomic mass is 10.3. The minimum Gasteiger partial charge on any atom is -0.396 e. The average Bonchev–Trinajstić information content (AvgIpc) is 3.01. The Morgan fingerprint density at radius 1 is 1.75 bits per heavy atom. The Balaban J connectivity index is 2.08. The van der Waals surface area contributed by atoms with Gasteiger partial charge < -0.3 is 15.4 Å². The number of nitrogens with two attached hydrogens (primary N) is 1. The molecule has 0 aliphatic heterocycles. The van der Waals surface area contributed by atoms with Crippen LogP contribution in [0.25, 0.3) is 0 Å². The van der Waals surface area contributed by atoms with Crippen molar-refractivity contribution in [2.45, 2.75) is 18.9 Å². The van der Waals surface area contributed by atoms with E-state index in [4.69, 9.17) is 10.5 Å². The number of amides is 1. The third-order valence-electron chi connectivity index (χ3n) is 2.67. The standard InChI is InChI=1S/C10H16N4O2/c1-16-5-4-14(7-2-3-7)10(15)9-8(11)6-12-13-9/h6-7H,2-5,11H2,1H3,(H,12,13). The van der Waals surface area contributed by atoms with Gasteiger partial charge in [0.05, 0.1) is 18.5 Å². The zero-order valence-electron chi connectivity index (χ0n) is 9.27. The highest BCUT2D eigenvalue weighted by Crippen LogP contribution is 2.28. The average molecular weight is 224 g/mol. The van der Waals surface area contributed by atoms with Crippen molar-refractivity contribution >= 4 is 11.6 Å². The van der Waals surface area contributed by atoms with Gasteiger partial charge in [0.15, 0.2) is 0 Å². The molecule has 0 unspecified atom stereocenters. The van der Waals surface area contributed by atoms with Crippen molar-refractivity contribution in [2.75, 3.05) is 26.0 Å². The number of aromatic nitrogens is 2. The van der Waals surface area contributed by atoms with Gasteiger partial charge in [-0.3, -0.25) is 9.89 Å². The molecule has 1 aliphatic carbocycles. The van der Waals surface area contributed by atoms with E-state index in [1.807, 2.05) is 0 Å². The summed E-state index contributed by atoms with van der Waals surface area (Å²) < 4.78 is 5.00. The molecule has 1 aliphatic rings. The summed E-state index contributed by atoms with van der Waals surface area (Å²) in [5.74, 6) is -0.0884. The molecule has 0 spiro atoms. The molecule has 1 aromatic rings. The minimum atomic E-state index is -0.0884. The van der Waals surface area contributed by atoms with E-state index >= 15 is 0 Å². The first kappa shape index (κ1) is 10.9. The Bertz CT molecular complexity index is 373. The molecule has 0 atom stereocenters. The van der Waals surface area contributed by atoms with E-state index in [1.54, 1.807) is 12.0 Å². The van der Waals surface area contributed by atoms with Crippen LogP contribution in [0, 0.1) is 0 Å². The van der Waals surface area contributed by atoms with Gasteiger partial charge in [-0.25, -0.2) is 0 Å². The van der Waals surface area contributed by atoms with Crippen LogP contribution in [-0.4, -0.2) is 47.3 Å².